The van der Waals surface area contributed by atoms with E-state index in [0.717, 1.165) is 6.42 Å². The van der Waals surface area contributed by atoms with E-state index in [1.165, 1.54) is 12.1 Å². The monoisotopic (exact) mass is 313 g/mol. The maximum absolute atomic E-state index is 12.0. The van der Waals surface area contributed by atoms with Gasteiger partial charge in [-0.05, 0) is 18.9 Å². The van der Waals surface area contributed by atoms with Gasteiger partial charge in [0.05, 0.1) is 9.95 Å². The van der Waals surface area contributed by atoms with Crippen LogP contribution in [0.4, 0.5) is 11.4 Å². The molecule has 0 saturated carbocycles. The second-order valence-corrected chi connectivity index (χ2v) is 5.27. The highest BCUT2D eigenvalue weighted by molar-refractivity contribution is 6.34. The van der Waals surface area contributed by atoms with Gasteiger partial charge in [0, 0.05) is 24.7 Å². The number of benzene rings is 1. The van der Waals surface area contributed by atoms with Gasteiger partial charge in [0.2, 0.25) is 0 Å². The summed E-state index contributed by atoms with van der Waals surface area (Å²) in [4.78, 5) is 22.6. The topological polar surface area (TPSA) is 84.3 Å². The number of amides is 1. The van der Waals surface area contributed by atoms with Crippen molar-refractivity contribution in [2.75, 3.05) is 18.4 Å². The van der Waals surface area contributed by atoms with Crippen LogP contribution >= 0.6 is 11.6 Å². The van der Waals surface area contributed by atoms with Crippen molar-refractivity contribution in [3.8, 4) is 0 Å². The number of hydrogen-bond donors (Lipinski definition) is 2. The minimum absolute atomic E-state index is 0.166. The van der Waals surface area contributed by atoms with E-state index >= 15 is 0 Å². The molecule has 1 unspecified atom stereocenters. The molecule has 116 valence electrons. The lowest BCUT2D eigenvalue weighted by Crippen LogP contribution is -2.28. The summed E-state index contributed by atoms with van der Waals surface area (Å²) in [6.07, 6.45) is 0.945. The summed E-state index contributed by atoms with van der Waals surface area (Å²) < 4.78 is 0. The summed E-state index contributed by atoms with van der Waals surface area (Å²) in [5, 5.41) is 16.9. The molecule has 0 aliphatic heterocycles. The molecule has 1 atom stereocenters. The minimum Gasteiger partial charge on any atom is -0.379 e. The SMILES string of the molecule is CCNc1c(Cl)cc(C(=O)NCC(C)CC)cc1[N+](=O)[O-]. The summed E-state index contributed by atoms with van der Waals surface area (Å²) in [5.41, 5.74) is 0.234. The molecule has 0 fully saturated rings. The Morgan fingerprint density at radius 1 is 1.43 bits per heavy atom. The maximum atomic E-state index is 12.0. The lowest BCUT2D eigenvalue weighted by atomic mass is 10.1. The van der Waals surface area contributed by atoms with Gasteiger partial charge in [0.1, 0.15) is 5.69 Å². The molecule has 21 heavy (non-hydrogen) atoms. The Hall–Kier alpha value is -1.82. The van der Waals surface area contributed by atoms with Crippen LogP contribution in [0.2, 0.25) is 5.02 Å². The molecule has 6 nitrogen and oxygen atoms in total. The Morgan fingerprint density at radius 3 is 2.62 bits per heavy atom. The van der Waals surface area contributed by atoms with Crippen LogP contribution in [0.5, 0.6) is 0 Å². The molecule has 0 saturated heterocycles. The summed E-state index contributed by atoms with van der Waals surface area (Å²) in [7, 11) is 0. The summed E-state index contributed by atoms with van der Waals surface area (Å²) in [5.74, 6) is -0.0104. The fourth-order valence-electron chi connectivity index (χ4n) is 1.73. The van der Waals surface area contributed by atoms with Gasteiger partial charge in [-0.3, -0.25) is 14.9 Å². The molecular formula is C14H20ClN3O3. The Morgan fingerprint density at radius 2 is 2.10 bits per heavy atom. The zero-order chi connectivity index (χ0) is 16.0. The van der Waals surface area contributed by atoms with Crippen LogP contribution in [-0.4, -0.2) is 23.9 Å². The van der Waals surface area contributed by atoms with Crippen LogP contribution in [0, 0.1) is 16.0 Å². The molecule has 0 aliphatic rings. The van der Waals surface area contributed by atoms with Crippen molar-refractivity contribution in [2.45, 2.75) is 27.2 Å². The van der Waals surface area contributed by atoms with Crippen LogP contribution in [-0.2, 0) is 0 Å². The van der Waals surface area contributed by atoms with Gasteiger partial charge in [-0.15, -0.1) is 0 Å². The lowest BCUT2D eigenvalue weighted by Gasteiger charge is -2.12. The average molecular weight is 314 g/mol. The van der Waals surface area contributed by atoms with Crippen molar-refractivity contribution >= 4 is 28.9 Å². The molecule has 1 rings (SSSR count). The van der Waals surface area contributed by atoms with Gasteiger partial charge in [0.15, 0.2) is 0 Å². The fraction of sp³-hybridized carbons (Fsp3) is 0.500. The zero-order valence-corrected chi connectivity index (χ0v) is 13.2. The van der Waals surface area contributed by atoms with E-state index in [-0.39, 0.29) is 27.9 Å². The van der Waals surface area contributed by atoms with E-state index in [9.17, 15) is 14.9 Å². The quantitative estimate of drug-likeness (QED) is 0.596. The van der Waals surface area contributed by atoms with E-state index in [1.807, 2.05) is 20.8 Å². The highest BCUT2D eigenvalue weighted by Crippen LogP contribution is 2.33. The van der Waals surface area contributed by atoms with Crippen LogP contribution < -0.4 is 10.6 Å². The summed E-state index contributed by atoms with van der Waals surface area (Å²) in [6, 6.07) is 2.69. The standard InChI is InChI=1S/C14H20ClN3O3/c1-4-9(3)8-17-14(19)10-6-11(15)13(16-5-2)12(7-10)18(20)21/h6-7,9,16H,4-5,8H2,1-3H3,(H,17,19). The summed E-state index contributed by atoms with van der Waals surface area (Å²) >= 11 is 6.04. The maximum Gasteiger partial charge on any atom is 0.294 e. The number of nitro benzene ring substituents is 1. The predicted octanol–water partition coefficient (Wildman–Crippen LogP) is 3.46. The normalized spacial score (nSPS) is 11.8. The van der Waals surface area contributed by atoms with E-state index in [4.69, 9.17) is 11.6 Å². The van der Waals surface area contributed by atoms with Gasteiger partial charge in [-0.2, -0.15) is 0 Å². The third-order valence-corrected chi connectivity index (χ3v) is 3.49. The van der Waals surface area contributed by atoms with Gasteiger partial charge in [0.25, 0.3) is 11.6 Å². The molecule has 0 spiro atoms. The number of anilines is 1. The Balaban J connectivity index is 3.04. The van der Waals surface area contributed by atoms with Crippen LogP contribution in [0.15, 0.2) is 12.1 Å². The average Bonchev–Trinajstić information content (AvgIpc) is 2.45. The molecule has 7 heteroatoms. The molecule has 0 bridgehead atoms. The first-order valence-electron chi connectivity index (χ1n) is 6.90. The predicted molar refractivity (Wildman–Crippen MR) is 84.1 cm³/mol. The van der Waals surface area contributed by atoms with E-state index in [0.29, 0.717) is 19.0 Å². The van der Waals surface area contributed by atoms with Crippen molar-refractivity contribution in [1.82, 2.24) is 5.32 Å². The summed E-state index contributed by atoms with van der Waals surface area (Å²) in [6.45, 7) is 6.89. The molecule has 0 radical (unpaired) electrons. The molecule has 0 heterocycles. The molecule has 1 amide bonds. The second-order valence-electron chi connectivity index (χ2n) is 4.86. The van der Waals surface area contributed by atoms with Crippen molar-refractivity contribution in [3.05, 3.63) is 32.8 Å². The molecule has 0 aliphatic carbocycles. The minimum atomic E-state index is -0.546. The molecule has 2 N–H and O–H groups in total. The number of carbonyl (C=O) groups excluding carboxylic acids is 1. The Bertz CT molecular complexity index is 534. The first kappa shape index (κ1) is 17.2. The van der Waals surface area contributed by atoms with E-state index in [2.05, 4.69) is 10.6 Å². The smallest absolute Gasteiger partial charge is 0.294 e. The number of nitrogens with one attached hydrogen (secondary N) is 2. The van der Waals surface area contributed by atoms with Crippen LogP contribution in [0.3, 0.4) is 0 Å². The van der Waals surface area contributed by atoms with Crippen LogP contribution in [0.1, 0.15) is 37.6 Å². The highest BCUT2D eigenvalue weighted by atomic mass is 35.5. The number of nitro groups is 1. The number of halogens is 1. The third kappa shape index (κ3) is 4.60. The second kappa shape index (κ2) is 7.83. The van der Waals surface area contributed by atoms with Gasteiger partial charge >= 0.3 is 0 Å². The van der Waals surface area contributed by atoms with E-state index < -0.39 is 4.92 Å². The fourth-order valence-corrected chi connectivity index (χ4v) is 2.01. The van der Waals surface area contributed by atoms with Crippen LogP contribution in [0.25, 0.3) is 0 Å². The van der Waals surface area contributed by atoms with Crippen molar-refractivity contribution in [1.29, 1.82) is 0 Å². The number of nitrogens with zero attached hydrogens (tertiary/aromatic N) is 1. The van der Waals surface area contributed by atoms with Crippen molar-refractivity contribution in [3.63, 3.8) is 0 Å². The largest absolute Gasteiger partial charge is 0.379 e. The van der Waals surface area contributed by atoms with Gasteiger partial charge < -0.3 is 10.6 Å². The van der Waals surface area contributed by atoms with Crippen molar-refractivity contribution in [2.24, 2.45) is 5.92 Å². The number of rotatable bonds is 7. The Labute approximate surface area is 129 Å². The van der Waals surface area contributed by atoms with Gasteiger partial charge in [-0.25, -0.2) is 0 Å². The molecule has 1 aromatic carbocycles. The first-order valence-corrected chi connectivity index (χ1v) is 7.28. The lowest BCUT2D eigenvalue weighted by molar-refractivity contribution is -0.384. The molecular weight excluding hydrogens is 294 g/mol. The third-order valence-electron chi connectivity index (χ3n) is 3.19. The van der Waals surface area contributed by atoms with Gasteiger partial charge in [-0.1, -0.05) is 31.9 Å². The molecule has 1 aromatic rings. The number of hydrogen-bond acceptors (Lipinski definition) is 4. The highest BCUT2D eigenvalue weighted by Gasteiger charge is 2.21. The Kier molecular flexibility index (Phi) is 6.42. The van der Waals surface area contributed by atoms with Crippen molar-refractivity contribution < 1.29 is 9.72 Å². The molecule has 0 aromatic heterocycles. The first-order chi connectivity index (χ1) is 9.90. The number of carbonyl (C=O) groups is 1. The van der Waals surface area contributed by atoms with E-state index in [1.54, 1.807) is 0 Å². The zero-order valence-electron chi connectivity index (χ0n) is 12.4.